The van der Waals surface area contributed by atoms with Crippen molar-refractivity contribution in [2.45, 2.75) is 389 Å². The van der Waals surface area contributed by atoms with E-state index >= 15 is 0 Å². The first kappa shape index (κ1) is 84.5. The Morgan fingerprint density at radius 1 is 0.407 bits per heavy atom. The van der Waals surface area contributed by atoms with Crippen molar-refractivity contribution in [1.29, 1.82) is 0 Å². The molecule has 0 spiro atoms. The van der Waals surface area contributed by atoms with E-state index in [9.17, 15) is 45.6 Å². The van der Waals surface area contributed by atoms with Crippen LogP contribution in [0.3, 0.4) is 0 Å². The molecule has 0 aliphatic carbocycles. The van der Waals surface area contributed by atoms with Gasteiger partial charge in [-0.1, -0.05) is 318 Å². The van der Waals surface area contributed by atoms with Gasteiger partial charge in [0.25, 0.3) is 0 Å². The number of carbonyl (C=O) groups is 1. The van der Waals surface area contributed by atoms with Gasteiger partial charge in [-0.05, 0) is 64.2 Å². The fourth-order valence-electron chi connectivity index (χ4n) is 12.2. The van der Waals surface area contributed by atoms with Gasteiger partial charge in [0.05, 0.1) is 32.0 Å². The van der Waals surface area contributed by atoms with E-state index in [0.29, 0.717) is 12.8 Å². The zero-order valence-corrected chi connectivity index (χ0v) is 57.8. The first-order valence-corrected chi connectivity index (χ1v) is 37.7. The predicted octanol–water partition coefficient (Wildman–Crippen LogP) is 16.2. The van der Waals surface area contributed by atoms with Crippen LogP contribution in [0.4, 0.5) is 0 Å². The van der Waals surface area contributed by atoms with Crippen molar-refractivity contribution >= 4 is 5.91 Å². The summed E-state index contributed by atoms with van der Waals surface area (Å²) in [6.45, 7) is 2.79. The summed E-state index contributed by atoms with van der Waals surface area (Å²) in [6.07, 6.45) is 66.3. The molecule has 2 rings (SSSR count). The highest BCUT2D eigenvalue weighted by Crippen LogP contribution is 2.30. The topological polar surface area (TPSA) is 228 Å². The first-order valence-electron chi connectivity index (χ1n) is 37.7. The van der Waals surface area contributed by atoms with Gasteiger partial charge in [-0.15, -0.1) is 0 Å². The van der Waals surface area contributed by atoms with Gasteiger partial charge in [-0.2, -0.15) is 0 Å². The fourth-order valence-corrected chi connectivity index (χ4v) is 12.2. The van der Waals surface area contributed by atoms with E-state index in [-0.39, 0.29) is 12.5 Å². The molecule has 2 aliphatic rings. The Morgan fingerprint density at radius 2 is 0.758 bits per heavy atom. The molecule has 0 saturated carbocycles. The van der Waals surface area contributed by atoms with Gasteiger partial charge in [-0.25, -0.2) is 0 Å². The smallest absolute Gasteiger partial charge is 0.220 e. The van der Waals surface area contributed by atoms with Crippen LogP contribution in [0.5, 0.6) is 0 Å². The molecule has 530 valence electrons. The number of nitrogens with one attached hydrogen (secondary N) is 1. The van der Waals surface area contributed by atoms with E-state index < -0.39 is 86.8 Å². The molecule has 14 nitrogen and oxygen atoms in total. The molecule has 0 bridgehead atoms. The molecule has 12 unspecified atom stereocenters. The Morgan fingerprint density at radius 3 is 1.16 bits per heavy atom. The Labute approximate surface area is 555 Å². The summed E-state index contributed by atoms with van der Waals surface area (Å²) >= 11 is 0. The molecule has 0 aromatic rings. The number of rotatable bonds is 62. The van der Waals surface area contributed by atoms with E-state index in [1.54, 1.807) is 0 Å². The number of aliphatic hydroxyl groups excluding tert-OH is 8. The number of hydrogen-bond acceptors (Lipinski definition) is 13. The molecular weight excluding hydrogens is 1150 g/mol. The highest BCUT2D eigenvalue weighted by molar-refractivity contribution is 5.76. The second kappa shape index (κ2) is 61.1. The van der Waals surface area contributed by atoms with Gasteiger partial charge in [0, 0.05) is 6.42 Å². The van der Waals surface area contributed by atoms with Crippen LogP contribution in [-0.4, -0.2) is 140 Å². The van der Waals surface area contributed by atoms with Crippen LogP contribution >= 0.6 is 0 Å². The molecule has 9 N–H and O–H groups in total. The summed E-state index contributed by atoms with van der Waals surface area (Å²) in [6, 6.07) is -0.834. The van der Waals surface area contributed by atoms with Crippen LogP contribution in [0.1, 0.15) is 316 Å². The predicted molar refractivity (Wildman–Crippen MR) is 373 cm³/mol. The van der Waals surface area contributed by atoms with Crippen LogP contribution in [0.15, 0.2) is 72.9 Å². The first-order chi connectivity index (χ1) is 44.6. The lowest BCUT2D eigenvalue weighted by molar-refractivity contribution is -0.359. The van der Waals surface area contributed by atoms with E-state index in [1.165, 1.54) is 199 Å². The highest BCUT2D eigenvalue weighted by Gasteiger charge is 2.51. The molecule has 91 heavy (non-hydrogen) atoms. The molecule has 2 aliphatic heterocycles. The van der Waals surface area contributed by atoms with Gasteiger partial charge < -0.3 is 65.1 Å². The zero-order chi connectivity index (χ0) is 65.9. The Bertz CT molecular complexity index is 1800. The number of amides is 1. The van der Waals surface area contributed by atoms with E-state index in [1.807, 2.05) is 0 Å². The van der Waals surface area contributed by atoms with Crippen LogP contribution in [0.2, 0.25) is 0 Å². The minimum absolute atomic E-state index is 0.205. The summed E-state index contributed by atoms with van der Waals surface area (Å²) in [5.41, 5.74) is 0. The molecule has 0 radical (unpaired) electrons. The molecule has 12 atom stereocenters. The molecule has 1 amide bonds. The number of ether oxygens (including phenoxy) is 4. The van der Waals surface area contributed by atoms with Crippen molar-refractivity contribution in [2.24, 2.45) is 0 Å². The maximum absolute atomic E-state index is 13.4. The Balaban J connectivity index is 1.63. The largest absolute Gasteiger partial charge is 0.394 e. The van der Waals surface area contributed by atoms with Crippen LogP contribution < -0.4 is 5.32 Å². The lowest BCUT2D eigenvalue weighted by atomic mass is 9.97. The number of allylic oxidation sites excluding steroid dienone is 12. The van der Waals surface area contributed by atoms with E-state index in [0.717, 1.165) is 89.9 Å². The van der Waals surface area contributed by atoms with Crippen LogP contribution in [0.25, 0.3) is 0 Å². The molecular formula is C77H139NO13. The Hall–Kier alpha value is -2.57. The molecule has 2 heterocycles. The maximum atomic E-state index is 13.4. The molecule has 2 fully saturated rings. The minimum Gasteiger partial charge on any atom is -0.394 e. The summed E-state index contributed by atoms with van der Waals surface area (Å²) in [5.74, 6) is -0.205. The van der Waals surface area contributed by atoms with Gasteiger partial charge >= 0.3 is 0 Å². The summed E-state index contributed by atoms with van der Waals surface area (Å²) in [4.78, 5) is 13.4. The zero-order valence-electron chi connectivity index (χ0n) is 57.8. The maximum Gasteiger partial charge on any atom is 0.220 e. The standard InChI is InChI=1S/C77H139NO13/c1-3-5-7-9-11-13-15-17-19-21-23-25-27-29-30-31-32-33-34-35-36-37-39-41-43-45-47-49-51-53-55-57-59-61-69(82)78-65(64-88-76-74(87)72(85)75(68(63-80)90-76)91-77-73(86)71(84)70(83)67(62-79)89-77)66(81)60-58-56-54-52-50-48-46-44-42-40-38-28-26-24-22-20-18-16-14-12-10-8-6-4-2/h5,7,11,13,17,19,23,25,29-30,32-33,65-68,70-77,79-81,83-87H,3-4,6,8-10,12,14-16,18,20-22,24,26-28,31,34-64H2,1-2H3,(H,78,82)/b7-5-,13-11-,19-17-,25-23-,30-29-,33-32-. The molecule has 0 aromatic heterocycles. The average molecular weight is 1290 g/mol. The van der Waals surface area contributed by atoms with Crippen molar-refractivity contribution in [1.82, 2.24) is 5.32 Å². The lowest BCUT2D eigenvalue weighted by Gasteiger charge is -2.46. The van der Waals surface area contributed by atoms with E-state index in [2.05, 4.69) is 92.1 Å². The van der Waals surface area contributed by atoms with Crippen molar-refractivity contribution in [3.05, 3.63) is 72.9 Å². The normalized spacial score (nSPS) is 23.2. The van der Waals surface area contributed by atoms with Crippen molar-refractivity contribution in [3.8, 4) is 0 Å². The van der Waals surface area contributed by atoms with Crippen molar-refractivity contribution in [3.63, 3.8) is 0 Å². The highest BCUT2D eigenvalue weighted by atomic mass is 16.7. The third-order valence-electron chi connectivity index (χ3n) is 18.2. The quantitative estimate of drug-likeness (QED) is 0.0204. The SMILES string of the molecule is CC/C=C\C/C=C\C/C=C\C/C=C\C/C=C\C/C=C\CCCCCCCCCCCCCCCCC(=O)NC(COC1OC(CO)C(OC2OC(CO)C(O)C(O)C2O)C(O)C1O)C(O)CCCCCCCCCCCCCCCCCCCCCCCCCC. The molecule has 2 saturated heterocycles. The van der Waals surface area contributed by atoms with Crippen molar-refractivity contribution in [2.75, 3.05) is 19.8 Å². The number of hydrogen-bond donors (Lipinski definition) is 9. The minimum atomic E-state index is -1.79. The number of unbranched alkanes of at least 4 members (excludes halogenated alkanes) is 37. The summed E-state index contributed by atoms with van der Waals surface area (Å²) in [5, 5.41) is 87.8. The lowest BCUT2D eigenvalue weighted by Crippen LogP contribution is -2.65. The summed E-state index contributed by atoms with van der Waals surface area (Å²) in [7, 11) is 0. The molecule has 0 aromatic carbocycles. The molecule has 14 heteroatoms. The van der Waals surface area contributed by atoms with Gasteiger partial charge in [-0.3, -0.25) is 4.79 Å². The third kappa shape index (κ3) is 44.7. The number of carbonyl (C=O) groups excluding carboxylic acids is 1. The fraction of sp³-hybridized carbons (Fsp3) is 0.831. The number of aliphatic hydroxyl groups is 8. The van der Waals surface area contributed by atoms with Gasteiger partial charge in [0.2, 0.25) is 5.91 Å². The van der Waals surface area contributed by atoms with Crippen LogP contribution in [0, 0.1) is 0 Å². The van der Waals surface area contributed by atoms with Gasteiger partial charge in [0.1, 0.15) is 48.8 Å². The van der Waals surface area contributed by atoms with Gasteiger partial charge in [0.15, 0.2) is 12.6 Å². The second-order valence-electron chi connectivity index (χ2n) is 26.4. The third-order valence-corrected chi connectivity index (χ3v) is 18.2. The van der Waals surface area contributed by atoms with Crippen LogP contribution in [-0.2, 0) is 23.7 Å². The van der Waals surface area contributed by atoms with E-state index in [4.69, 9.17) is 18.9 Å². The monoisotopic (exact) mass is 1290 g/mol. The van der Waals surface area contributed by atoms with Crippen molar-refractivity contribution < 1.29 is 64.6 Å². The Kier molecular flexibility index (Phi) is 56.7. The second-order valence-corrected chi connectivity index (χ2v) is 26.4. The summed E-state index contributed by atoms with van der Waals surface area (Å²) < 4.78 is 23.0. The average Bonchev–Trinajstić information content (AvgIpc) is 1.28.